The van der Waals surface area contributed by atoms with Crippen LogP contribution >= 0.6 is 11.3 Å². The van der Waals surface area contributed by atoms with E-state index < -0.39 is 20.0 Å². The molecule has 0 amide bonds. The highest BCUT2D eigenvalue weighted by Gasteiger charge is 2.14. The molecule has 2 N–H and O–H groups in total. The first-order chi connectivity index (χ1) is 4.52. The molecule has 0 aromatic carbocycles. The van der Waals surface area contributed by atoms with Gasteiger partial charge in [0.15, 0.2) is 10.0 Å². The van der Waals surface area contributed by atoms with Crippen molar-refractivity contribution in [1.82, 2.24) is 0 Å². The first kappa shape index (κ1) is 7.64. The summed E-state index contributed by atoms with van der Waals surface area (Å²) in [5.74, 6) is -0.785. The zero-order valence-corrected chi connectivity index (χ0v) is 6.38. The Balaban J connectivity index is 3.32. The lowest BCUT2D eigenvalue weighted by molar-refractivity contribution is 0.577. The van der Waals surface area contributed by atoms with Crippen molar-refractivity contribution in [2.45, 2.75) is 4.21 Å². The van der Waals surface area contributed by atoms with Crippen LogP contribution in [0.2, 0.25) is 0 Å². The molecule has 0 aliphatic rings. The molecule has 1 heterocycles. The number of hydrogen-bond acceptors (Lipinski definition) is 3. The van der Waals surface area contributed by atoms with Crippen molar-refractivity contribution in [3.8, 4) is 0 Å². The van der Waals surface area contributed by atoms with Crippen molar-refractivity contribution in [1.29, 1.82) is 0 Å². The average Bonchev–Trinajstić information content (AvgIpc) is 2.11. The zero-order chi connectivity index (χ0) is 7.78. The SMILES string of the molecule is NS(=O)(=O)c1sccc1F. The van der Waals surface area contributed by atoms with Gasteiger partial charge >= 0.3 is 0 Å². The summed E-state index contributed by atoms with van der Waals surface area (Å²) in [4.78, 5) is 0. The molecule has 0 aliphatic carbocycles. The summed E-state index contributed by atoms with van der Waals surface area (Å²) in [6.45, 7) is 0. The van der Waals surface area contributed by atoms with Crippen molar-refractivity contribution in [3.05, 3.63) is 17.3 Å². The molecule has 0 aliphatic heterocycles. The summed E-state index contributed by atoms with van der Waals surface area (Å²) in [6, 6.07) is 1.06. The van der Waals surface area contributed by atoms with Crippen LogP contribution in [0.3, 0.4) is 0 Å². The van der Waals surface area contributed by atoms with Gasteiger partial charge in [-0.2, -0.15) is 0 Å². The Kier molecular flexibility index (Phi) is 1.76. The number of halogens is 1. The minimum Gasteiger partial charge on any atom is -0.224 e. The number of hydrogen-bond donors (Lipinski definition) is 1. The summed E-state index contributed by atoms with van der Waals surface area (Å²) in [6.07, 6.45) is 0. The van der Waals surface area contributed by atoms with Gasteiger partial charge < -0.3 is 0 Å². The average molecular weight is 181 g/mol. The summed E-state index contributed by atoms with van der Waals surface area (Å²) < 4.78 is 32.9. The van der Waals surface area contributed by atoms with Crippen molar-refractivity contribution in [2.24, 2.45) is 5.14 Å². The number of nitrogens with two attached hydrogens (primary N) is 1. The fourth-order valence-corrected chi connectivity index (χ4v) is 2.02. The Labute approximate surface area is 61.3 Å². The second-order valence-electron chi connectivity index (χ2n) is 1.60. The Hall–Kier alpha value is -0.460. The molecule has 0 saturated heterocycles. The molecule has 0 spiro atoms. The Morgan fingerprint density at radius 3 is 2.40 bits per heavy atom. The van der Waals surface area contributed by atoms with Crippen LogP contribution in [0.15, 0.2) is 15.7 Å². The van der Waals surface area contributed by atoms with Gasteiger partial charge in [0.1, 0.15) is 0 Å². The van der Waals surface area contributed by atoms with Crippen LogP contribution in [-0.2, 0) is 10.0 Å². The monoisotopic (exact) mass is 181 g/mol. The predicted octanol–water partition coefficient (Wildman–Crippen LogP) is 0.535. The predicted molar refractivity (Wildman–Crippen MR) is 35.7 cm³/mol. The minimum atomic E-state index is -3.85. The largest absolute Gasteiger partial charge is 0.250 e. The molecule has 0 fully saturated rings. The summed E-state index contributed by atoms with van der Waals surface area (Å²) in [5.41, 5.74) is 0. The van der Waals surface area contributed by atoms with Gasteiger partial charge in [0.05, 0.1) is 0 Å². The molecule has 3 nitrogen and oxygen atoms in total. The maximum absolute atomic E-state index is 12.4. The van der Waals surface area contributed by atoms with Crippen LogP contribution < -0.4 is 5.14 Å². The van der Waals surface area contributed by atoms with Gasteiger partial charge in [0.25, 0.3) is 10.0 Å². The Morgan fingerprint density at radius 2 is 2.20 bits per heavy atom. The van der Waals surface area contributed by atoms with E-state index in [2.05, 4.69) is 5.14 Å². The molecule has 6 heteroatoms. The van der Waals surface area contributed by atoms with Gasteiger partial charge in [-0.1, -0.05) is 0 Å². The standard InChI is InChI=1S/C4H4FNO2S2/c5-3-1-2-9-4(3)10(6,7)8/h1-2H,(H2,6,7,8). The fraction of sp³-hybridized carbons (Fsp3) is 0. The molecular weight excluding hydrogens is 177 g/mol. The van der Waals surface area contributed by atoms with E-state index in [4.69, 9.17) is 0 Å². The maximum atomic E-state index is 12.4. The van der Waals surface area contributed by atoms with Crippen LogP contribution in [0.4, 0.5) is 4.39 Å². The van der Waals surface area contributed by atoms with E-state index in [9.17, 15) is 12.8 Å². The first-order valence-corrected chi connectivity index (χ1v) is 4.70. The van der Waals surface area contributed by atoms with Crippen molar-refractivity contribution >= 4 is 21.4 Å². The summed E-state index contributed by atoms with van der Waals surface area (Å²) >= 11 is 0.769. The number of thiophene rings is 1. The van der Waals surface area contributed by atoms with Gasteiger partial charge in [0, 0.05) is 0 Å². The summed E-state index contributed by atoms with van der Waals surface area (Å²) in [7, 11) is -3.85. The lowest BCUT2D eigenvalue weighted by atomic mass is 10.6. The van der Waals surface area contributed by atoms with Crippen LogP contribution in [-0.4, -0.2) is 8.42 Å². The van der Waals surface area contributed by atoms with E-state index in [0.717, 1.165) is 17.4 Å². The lowest BCUT2D eigenvalue weighted by Gasteiger charge is -1.89. The second kappa shape index (κ2) is 2.30. The molecule has 56 valence electrons. The normalized spacial score (nSPS) is 11.8. The van der Waals surface area contributed by atoms with Gasteiger partial charge in [-0.25, -0.2) is 17.9 Å². The third-order valence-electron chi connectivity index (χ3n) is 0.843. The third kappa shape index (κ3) is 1.34. The molecular formula is C4H4FNO2S2. The molecule has 0 atom stereocenters. The van der Waals surface area contributed by atoms with Crippen LogP contribution in [0.1, 0.15) is 0 Å². The molecule has 0 unspecified atom stereocenters. The van der Waals surface area contributed by atoms with Crippen molar-refractivity contribution in [2.75, 3.05) is 0 Å². The molecule has 1 rings (SSSR count). The lowest BCUT2D eigenvalue weighted by Crippen LogP contribution is -2.11. The van der Waals surface area contributed by atoms with Gasteiger partial charge in [-0.3, -0.25) is 0 Å². The van der Waals surface area contributed by atoms with Crippen LogP contribution in [0.5, 0.6) is 0 Å². The second-order valence-corrected chi connectivity index (χ2v) is 4.27. The highest BCUT2D eigenvalue weighted by molar-refractivity contribution is 7.91. The van der Waals surface area contributed by atoms with E-state index in [0.29, 0.717) is 0 Å². The fourth-order valence-electron chi connectivity index (χ4n) is 0.483. The number of primary sulfonamides is 1. The Bertz CT molecular complexity index is 329. The number of rotatable bonds is 1. The molecule has 0 saturated carbocycles. The van der Waals surface area contributed by atoms with Crippen LogP contribution in [0.25, 0.3) is 0 Å². The summed E-state index contributed by atoms with van der Waals surface area (Å²) in [5, 5.41) is 5.97. The highest BCUT2D eigenvalue weighted by atomic mass is 32.2. The molecule has 10 heavy (non-hydrogen) atoms. The van der Waals surface area contributed by atoms with E-state index in [-0.39, 0.29) is 0 Å². The van der Waals surface area contributed by atoms with Gasteiger partial charge in [-0.15, -0.1) is 11.3 Å². The topological polar surface area (TPSA) is 60.2 Å². The first-order valence-electron chi connectivity index (χ1n) is 2.27. The van der Waals surface area contributed by atoms with E-state index in [1.54, 1.807) is 0 Å². The zero-order valence-electron chi connectivity index (χ0n) is 4.74. The molecule has 0 radical (unpaired) electrons. The Morgan fingerprint density at radius 1 is 1.60 bits per heavy atom. The molecule has 1 aromatic heterocycles. The van der Waals surface area contributed by atoms with Crippen molar-refractivity contribution < 1.29 is 12.8 Å². The van der Waals surface area contributed by atoms with Gasteiger partial charge in [-0.05, 0) is 11.4 Å². The highest BCUT2D eigenvalue weighted by Crippen LogP contribution is 2.18. The van der Waals surface area contributed by atoms with Crippen LogP contribution in [0, 0.1) is 5.82 Å². The molecule has 1 aromatic rings. The van der Waals surface area contributed by atoms with E-state index >= 15 is 0 Å². The minimum absolute atomic E-state index is 0.410. The van der Waals surface area contributed by atoms with E-state index in [1.165, 1.54) is 5.38 Å². The van der Waals surface area contributed by atoms with Crippen molar-refractivity contribution in [3.63, 3.8) is 0 Å². The number of sulfonamides is 1. The smallest absolute Gasteiger partial charge is 0.224 e. The maximum Gasteiger partial charge on any atom is 0.250 e. The third-order valence-corrected chi connectivity index (χ3v) is 3.22. The van der Waals surface area contributed by atoms with Gasteiger partial charge in [0.2, 0.25) is 0 Å². The molecule has 0 bridgehead atoms. The van der Waals surface area contributed by atoms with E-state index in [1.807, 2.05) is 0 Å². The quantitative estimate of drug-likeness (QED) is 0.687.